The van der Waals surface area contributed by atoms with E-state index in [4.69, 9.17) is 0 Å². The van der Waals surface area contributed by atoms with Crippen molar-refractivity contribution in [2.45, 2.75) is 50.1 Å². The van der Waals surface area contributed by atoms with E-state index in [1.54, 1.807) is 16.0 Å². The van der Waals surface area contributed by atoms with E-state index in [2.05, 4.69) is 16.5 Å². The number of nitrogens with zero attached hydrogens (tertiary/aromatic N) is 5. The molecule has 1 aliphatic heterocycles. The molecule has 10 heteroatoms. The third-order valence-corrected chi connectivity index (χ3v) is 6.72. The number of hydrazine groups is 1. The quantitative estimate of drug-likeness (QED) is 0.645. The average Bonchev–Trinajstić information content (AvgIpc) is 3.16. The highest BCUT2D eigenvalue weighted by molar-refractivity contribution is 7.89. The Kier molecular flexibility index (Phi) is 7.35. The smallest absolute Gasteiger partial charge is 0.244 e. The number of nitrogens with one attached hydrogen (secondary N) is 1. The van der Waals surface area contributed by atoms with Gasteiger partial charge in [0.15, 0.2) is 0 Å². The number of carbonyl (C=O) groups excluding carboxylic acids is 1. The standard InChI is InChI=1S/C18H28N6O3S/c1-5-14(2)24(13-18(25)23-10-6-7-15(23)11-19)21-17-9-8-16(12-20-17)28(26,27)22(3)4/h8-9,12,14-15H,5-7,10,13H2,1-4H3,(H,20,21)/t14-,15?/m0/s1. The van der Waals surface area contributed by atoms with Crippen molar-refractivity contribution in [3.05, 3.63) is 18.3 Å². The molecular formula is C18H28N6O3S. The van der Waals surface area contributed by atoms with E-state index >= 15 is 0 Å². The molecule has 9 nitrogen and oxygen atoms in total. The monoisotopic (exact) mass is 408 g/mol. The molecule has 1 unspecified atom stereocenters. The van der Waals surface area contributed by atoms with Crippen molar-refractivity contribution in [1.29, 1.82) is 5.26 Å². The number of likely N-dealkylation sites (tertiary alicyclic amines) is 1. The lowest BCUT2D eigenvalue weighted by Crippen LogP contribution is -2.47. The lowest BCUT2D eigenvalue weighted by Gasteiger charge is -2.31. The summed E-state index contributed by atoms with van der Waals surface area (Å²) >= 11 is 0. The van der Waals surface area contributed by atoms with E-state index in [-0.39, 0.29) is 29.4 Å². The van der Waals surface area contributed by atoms with Crippen LogP contribution in [0.3, 0.4) is 0 Å². The molecule has 0 bridgehead atoms. The number of aromatic nitrogens is 1. The summed E-state index contributed by atoms with van der Waals surface area (Å²) in [6.45, 7) is 4.70. The summed E-state index contributed by atoms with van der Waals surface area (Å²) in [4.78, 5) is 18.6. The van der Waals surface area contributed by atoms with Crippen LogP contribution in [0.1, 0.15) is 33.1 Å². The molecule has 2 atom stereocenters. The van der Waals surface area contributed by atoms with Gasteiger partial charge in [-0.15, -0.1) is 0 Å². The Morgan fingerprint density at radius 3 is 2.71 bits per heavy atom. The van der Waals surface area contributed by atoms with Crippen molar-refractivity contribution in [3.63, 3.8) is 0 Å². The predicted molar refractivity (Wildman–Crippen MR) is 106 cm³/mol. The second kappa shape index (κ2) is 9.32. The molecule has 0 spiro atoms. The first kappa shape index (κ1) is 22.1. The fraction of sp³-hybridized carbons (Fsp3) is 0.611. The van der Waals surface area contributed by atoms with Gasteiger partial charge in [-0.3, -0.25) is 4.79 Å². The van der Waals surface area contributed by atoms with E-state index in [0.717, 1.165) is 17.1 Å². The molecule has 154 valence electrons. The van der Waals surface area contributed by atoms with Crippen LogP contribution in [0.4, 0.5) is 5.82 Å². The van der Waals surface area contributed by atoms with E-state index in [0.29, 0.717) is 18.8 Å². The van der Waals surface area contributed by atoms with Crippen LogP contribution < -0.4 is 5.43 Å². The second-order valence-electron chi connectivity index (χ2n) is 7.04. The summed E-state index contributed by atoms with van der Waals surface area (Å²) in [7, 11) is -0.618. The highest BCUT2D eigenvalue weighted by Crippen LogP contribution is 2.18. The predicted octanol–water partition coefficient (Wildman–Crippen LogP) is 1.27. The highest BCUT2D eigenvalue weighted by atomic mass is 32.2. The molecule has 1 aromatic heterocycles. The summed E-state index contributed by atoms with van der Waals surface area (Å²) in [5.41, 5.74) is 3.11. The Bertz CT molecular complexity index is 819. The van der Waals surface area contributed by atoms with Gasteiger partial charge in [0.1, 0.15) is 16.8 Å². The Balaban J connectivity index is 2.12. The molecule has 0 aliphatic carbocycles. The molecule has 2 heterocycles. The van der Waals surface area contributed by atoms with E-state index in [9.17, 15) is 18.5 Å². The molecule has 1 N–H and O–H groups in total. The van der Waals surface area contributed by atoms with Crippen LogP contribution >= 0.6 is 0 Å². The molecule has 1 aliphatic rings. The van der Waals surface area contributed by atoms with Gasteiger partial charge in [0, 0.05) is 32.9 Å². The van der Waals surface area contributed by atoms with E-state index < -0.39 is 10.0 Å². The molecule has 1 fully saturated rings. The van der Waals surface area contributed by atoms with Crippen molar-refractivity contribution in [1.82, 2.24) is 19.2 Å². The SMILES string of the molecule is CC[C@H](C)N(CC(=O)N1CCCC1C#N)Nc1ccc(S(=O)(=O)N(C)C)cn1. The van der Waals surface area contributed by atoms with Crippen molar-refractivity contribution in [2.75, 3.05) is 32.6 Å². The first-order chi connectivity index (χ1) is 13.2. The van der Waals surface area contributed by atoms with E-state index in [1.165, 1.54) is 26.4 Å². The minimum atomic E-state index is -3.54. The summed E-state index contributed by atoms with van der Waals surface area (Å²) in [6.07, 6.45) is 3.64. The fourth-order valence-corrected chi connectivity index (χ4v) is 3.77. The number of pyridine rings is 1. The lowest BCUT2D eigenvalue weighted by atomic mass is 10.2. The van der Waals surface area contributed by atoms with Gasteiger partial charge in [0.05, 0.1) is 12.6 Å². The normalized spacial score (nSPS) is 18.3. The summed E-state index contributed by atoms with van der Waals surface area (Å²) in [5, 5.41) is 11.0. The topological polar surface area (TPSA) is 110 Å². The molecular weight excluding hydrogens is 380 g/mol. The van der Waals surface area contributed by atoms with Crippen LogP contribution in [0.25, 0.3) is 0 Å². The van der Waals surface area contributed by atoms with Gasteiger partial charge in [-0.25, -0.2) is 22.7 Å². The van der Waals surface area contributed by atoms with Crippen LogP contribution in [0, 0.1) is 11.3 Å². The number of carbonyl (C=O) groups is 1. The lowest BCUT2D eigenvalue weighted by molar-refractivity contribution is -0.132. The molecule has 28 heavy (non-hydrogen) atoms. The minimum absolute atomic E-state index is 0.0408. The van der Waals surface area contributed by atoms with Crippen molar-refractivity contribution in [3.8, 4) is 6.07 Å². The summed E-state index contributed by atoms with van der Waals surface area (Å²) in [6, 6.07) is 4.92. The zero-order valence-electron chi connectivity index (χ0n) is 16.8. The Morgan fingerprint density at radius 2 is 2.18 bits per heavy atom. The molecule has 0 saturated carbocycles. The van der Waals surface area contributed by atoms with Crippen LogP contribution in [0.5, 0.6) is 0 Å². The summed E-state index contributed by atoms with van der Waals surface area (Å²) < 4.78 is 25.4. The number of anilines is 1. The molecule has 1 saturated heterocycles. The van der Waals surface area contributed by atoms with Gasteiger partial charge < -0.3 is 10.3 Å². The molecule has 0 aromatic carbocycles. The van der Waals surface area contributed by atoms with Crippen molar-refractivity contribution in [2.24, 2.45) is 0 Å². The number of hydrogen-bond donors (Lipinski definition) is 1. The number of sulfonamides is 1. The number of rotatable bonds is 8. The first-order valence-corrected chi connectivity index (χ1v) is 10.8. The zero-order chi connectivity index (χ0) is 20.9. The third kappa shape index (κ3) is 4.98. The van der Waals surface area contributed by atoms with Crippen LogP contribution in [-0.2, 0) is 14.8 Å². The second-order valence-corrected chi connectivity index (χ2v) is 9.19. The Morgan fingerprint density at radius 1 is 1.46 bits per heavy atom. The van der Waals surface area contributed by atoms with Gasteiger partial charge >= 0.3 is 0 Å². The molecule has 2 rings (SSSR count). The van der Waals surface area contributed by atoms with Gasteiger partial charge in [0.2, 0.25) is 15.9 Å². The molecule has 1 amide bonds. The Hall–Kier alpha value is -2.22. The maximum absolute atomic E-state index is 12.7. The van der Waals surface area contributed by atoms with Gasteiger partial charge in [-0.2, -0.15) is 5.26 Å². The number of hydrogen-bond acceptors (Lipinski definition) is 7. The van der Waals surface area contributed by atoms with Crippen molar-refractivity contribution >= 4 is 21.7 Å². The number of nitriles is 1. The maximum atomic E-state index is 12.7. The van der Waals surface area contributed by atoms with E-state index in [1.807, 2.05) is 13.8 Å². The zero-order valence-corrected chi connectivity index (χ0v) is 17.6. The van der Waals surface area contributed by atoms with Crippen molar-refractivity contribution < 1.29 is 13.2 Å². The third-order valence-electron chi connectivity index (χ3n) is 4.92. The Labute approximate surface area is 167 Å². The van der Waals surface area contributed by atoms with Gasteiger partial charge in [-0.05, 0) is 38.3 Å². The number of amides is 1. The van der Waals surface area contributed by atoms with Gasteiger partial charge in [-0.1, -0.05) is 6.92 Å². The van der Waals surface area contributed by atoms with Crippen LogP contribution in [-0.4, -0.2) is 72.8 Å². The fourth-order valence-electron chi connectivity index (χ4n) is 2.92. The summed E-state index contributed by atoms with van der Waals surface area (Å²) in [5.74, 6) is 0.340. The first-order valence-electron chi connectivity index (χ1n) is 9.31. The molecule has 1 aromatic rings. The molecule has 0 radical (unpaired) electrons. The van der Waals surface area contributed by atoms with Crippen LogP contribution in [0.2, 0.25) is 0 Å². The minimum Gasteiger partial charge on any atom is -0.325 e. The largest absolute Gasteiger partial charge is 0.325 e. The highest BCUT2D eigenvalue weighted by Gasteiger charge is 2.30. The average molecular weight is 409 g/mol. The maximum Gasteiger partial charge on any atom is 0.244 e. The van der Waals surface area contributed by atoms with Crippen LogP contribution in [0.15, 0.2) is 23.2 Å². The van der Waals surface area contributed by atoms with Gasteiger partial charge in [0.25, 0.3) is 0 Å².